The molecule has 1 fully saturated rings. The van der Waals surface area contributed by atoms with E-state index in [4.69, 9.17) is 10.5 Å². The number of nitrogens with two attached hydrogens (primary N) is 1. The highest BCUT2D eigenvalue weighted by Gasteiger charge is 2.22. The van der Waals surface area contributed by atoms with Crippen LogP contribution in [-0.2, 0) is 4.74 Å². The van der Waals surface area contributed by atoms with Gasteiger partial charge in [0.15, 0.2) is 5.96 Å². The van der Waals surface area contributed by atoms with E-state index in [1.54, 1.807) is 0 Å². The molecule has 1 unspecified atom stereocenters. The van der Waals surface area contributed by atoms with Gasteiger partial charge < -0.3 is 15.8 Å². The summed E-state index contributed by atoms with van der Waals surface area (Å²) >= 11 is 0. The molecule has 0 bridgehead atoms. The first kappa shape index (κ1) is 16.2. The number of likely N-dealkylation sites (tertiary alicyclic amines) is 1. The summed E-state index contributed by atoms with van der Waals surface area (Å²) in [6.45, 7) is 11.0. The summed E-state index contributed by atoms with van der Waals surface area (Å²) in [5, 5.41) is 3.14. The Hall–Kier alpha value is -0.810. The van der Waals surface area contributed by atoms with Gasteiger partial charge in [0, 0.05) is 19.2 Å². The largest absolute Gasteiger partial charge is 0.379 e. The third kappa shape index (κ3) is 6.78. The molecule has 0 amide bonds. The minimum atomic E-state index is 0.299. The Labute approximate surface area is 117 Å². The summed E-state index contributed by atoms with van der Waals surface area (Å²) in [6.07, 6.45) is 3.79. The minimum absolute atomic E-state index is 0.299. The second-order valence-electron chi connectivity index (χ2n) is 5.35. The zero-order valence-electron chi connectivity index (χ0n) is 12.7. The van der Waals surface area contributed by atoms with Crippen molar-refractivity contribution in [2.24, 2.45) is 10.7 Å². The molecular formula is C14H30N4O. The quantitative estimate of drug-likeness (QED) is 0.395. The third-order valence-corrected chi connectivity index (χ3v) is 3.46. The molecule has 0 radical (unpaired) electrons. The summed E-state index contributed by atoms with van der Waals surface area (Å²) < 4.78 is 5.47. The zero-order chi connectivity index (χ0) is 14.1. The third-order valence-electron chi connectivity index (χ3n) is 3.46. The van der Waals surface area contributed by atoms with Gasteiger partial charge in [0.1, 0.15) is 0 Å². The Morgan fingerprint density at radius 3 is 3.00 bits per heavy atom. The summed E-state index contributed by atoms with van der Waals surface area (Å²) in [5.41, 5.74) is 5.86. The van der Waals surface area contributed by atoms with Crippen LogP contribution < -0.4 is 11.1 Å². The fraction of sp³-hybridized carbons (Fsp3) is 0.929. The van der Waals surface area contributed by atoms with Crippen LogP contribution in [0.5, 0.6) is 0 Å². The predicted molar refractivity (Wildman–Crippen MR) is 80.5 cm³/mol. The number of rotatable bonds is 8. The molecule has 1 aliphatic heterocycles. The maximum atomic E-state index is 5.86. The molecule has 0 aliphatic carbocycles. The van der Waals surface area contributed by atoms with Crippen molar-refractivity contribution in [2.75, 3.05) is 32.8 Å². The Morgan fingerprint density at radius 2 is 2.32 bits per heavy atom. The molecule has 0 aromatic heterocycles. The first-order chi connectivity index (χ1) is 9.13. The minimum Gasteiger partial charge on any atom is -0.379 e. The first-order valence-corrected chi connectivity index (χ1v) is 7.53. The van der Waals surface area contributed by atoms with Gasteiger partial charge in [0.25, 0.3) is 0 Å². The van der Waals surface area contributed by atoms with Crippen LogP contribution in [0.2, 0.25) is 0 Å². The molecule has 112 valence electrons. The second kappa shape index (κ2) is 9.15. The number of nitrogens with zero attached hydrogens (tertiary/aromatic N) is 2. The highest BCUT2D eigenvalue weighted by Crippen LogP contribution is 2.16. The molecule has 0 aromatic carbocycles. The van der Waals surface area contributed by atoms with Crippen molar-refractivity contribution in [3.8, 4) is 0 Å². The summed E-state index contributed by atoms with van der Waals surface area (Å²) in [6, 6.07) is 0.578. The van der Waals surface area contributed by atoms with Gasteiger partial charge in [-0.15, -0.1) is 0 Å². The number of ether oxygens (including phenoxy) is 1. The lowest BCUT2D eigenvalue weighted by Gasteiger charge is -2.20. The predicted octanol–water partition coefficient (Wildman–Crippen LogP) is 1.19. The molecule has 1 rings (SSSR count). The Balaban J connectivity index is 2.11. The number of aliphatic imine (C=N–C) groups is 1. The van der Waals surface area contributed by atoms with Crippen LogP contribution in [0.15, 0.2) is 4.99 Å². The van der Waals surface area contributed by atoms with Crippen molar-refractivity contribution in [1.29, 1.82) is 0 Å². The van der Waals surface area contributed by atoms with Crippen LogP contribution in [0.25, 0.3) is 0 Å². The number of hydrogen-bond acceptors (Lipinski definition) is 3. The number of likely N-dealkylation sites (N-methyl/N-ethyl adjacent to an activating group) is 1. The smallest absolute Gasteiger partial charge is 0.188 e. The van der Waals surface area contributed by atoms with E-state index in [1.807, 2.05) is 13.8 Å². The fourth-order valence-corrected chi connectivity index (χ4v) is 2.39. The van der Waals surface area contributed by atoms with Crippen LogP contribution in [0.4, 0.5) is 0 Å². The van der Waals surface area contributed by atoms with Gasteiger partial charge in [-0.05, 0) is 46.2 Å². The van der Waals surface area contributed by atoms with E-state index in [-0.39, 0.29) is 0 Å². The van der Waals surface area contributed by atoms with Crippen LogP contribution in [-0.4, -0.2) is 55.8 Å². The van der Waals surface area contributed by atoms with Gasteiger partial charge in [-0.2, -0.15) is 0 Å². The lowest BCUT2D eigenvalue weighted by atomic mass is 10.2. The molecule has 1 aliphatic rings. The van der Waals surface area contributed by atoms with Gasteiger partial charge in [0.2, 0.25) is 0 Å². The second-order valence-corrected chi connectivity index (χ2v) is 5.35. The average molecular weight is 270 g/mol. The van der Waals surface area contributed by atoms with E-state index in [2.05, 4.69) is 22.1 Å². The van der Waals surface area contributed by atoms with Gasteiger partial charge in [-0.1, -0.05) is 6.92 Å². The van der Waals surface area contributed by atoms with Crippen molar-refractivity contribution < 1.29 is 4.74 Å². The Kier molecular flexibility index (Phi) is 7.82. The first-order valence-electron chi connectivity index (χ1n) is 7.53. The Morgan fingerprint density at radius 1 is 1.53 bits per heavy atom. The summed E-state index contributed by atoms with van der Waals surface area (Å²) in [5.74, 6) is 0.563. The van der Waals surface area contributed by atoms with Crippen LogP contribution in [0.1, 0.15) is 40.0 Å². The van der Waals surface area contributed by atoms with E-state index in [1.165, 1.54) is 19.4 Å². The van der Waals surface area contributed by atoms with Crippen molar-refractivity contribution in [2.45, 2.75) is 52.2 Å². The van der Waals surface area contributed by atoms with E-state index in [0.29, 0.717) is 18.1 Å². The topological polar surface area (TPSA) is 62.9 Å². The lowest BCUT2D eigenvalue weighted by Crippen LogP contribution is -2.36. The van der Waals surface area contributed by atoms with Gasteiger partial charge in [-0.25, -0.2) is 0 Å². The molecule has 1 saturated heterocycles. The molecular weight excluding hydrogens is 240 g/mol. The van der Waals surface area contributed by atoms with Gasteiger partial charge >= 0.3 is 0 Å². The molecule has 5 heteroatoms. The molecule has 19 heavy (non-hydrogen) atoms. The highest BCUT2D eigenvalue weighted by atomic mass is 16.5. The Bertz CT molecular complexity index is 268. The van der Waals surface area contributed by atoms with Crippen molar-refractivity contribution >= 4 is 5.96 Å². The van der Waals surface area contributed by atoms with E-state index >= 15 is 0 Å². The highest BCUT2D eigenvalue weighted by molar-refractivity contribution is 5.77. The van der Waals surface area contributed by atoms with E-state index in [0.717, 1.165) is 32.7 Å². The maximum absolute atomic E-state index is 5.86. The van der Waals surface area contributed by atoms with E-state index < -0.39 is 0 Å². The molecule has 0 saturated carbocycles. The molecule has 1 heterocycles. The number of guanidine groups is 1. The molecule has 1 atom stereocenters. The van der Waals surface area contributed by atoms with Crippen molar-refractivity contribution in [1.82, 2.24) is 10.2 Å². The maximum Gasteiger partial charge on any atom is 0.188 e. The lowest BCUT2D eigenvalue weighted by molar-refractivity contribution is 0.0777. The zero-order valence-corrected chi connectivity index (χ0v) is 12.7. The average Bonchev–Trinajstić information content (AvgIpc) is 2.83. The number of hydrogen-bond donors (Lipinski definition) is 2. The van der Waals surface area contributed by atoms with Crippen LogP contribution in [0.3, 0.4) is 0 Å². The van der Waals surface area contributed by atoms with Crippen LogP contribution in [0, 0.1) is 0 Å². The normalized spacial score (nSPS) is 21.3. The van der Waals surface area contributed by atoms with Crippen molar-refractivity contribution in [3.63, 3.8) is 0 Å². The molecule has 3 N–H and O–H groups in total. The summed E-state index contributed by atoms with van der Waals surface area (Å²) in [7, 11) is 0. The number of nitrogens with one attached hydrogen (secondary N) is 1. The summed E-state index contributed by atoms with van der Waals surface area (Å²) in [4.78, 5) is 6.92. The van der Waals surface area contributed by atoms with Crippen molar-refractivity contribution in [3.05, 3.63) is 0 Å². The monoisotopic (exact) mass is 270 g/mol. The standard InChI is InChI=1S/C14H30N4O/c1-4-18-9-5-7-13(18)11-17-14(15)16-8-6-10-19-12(2)3/h12-13H,4-11H2,1-3H3,(H3,15,16,17). The van der Waals surface area contributed by atoms with Crippen LogP contribution >= 0.6 is 0 Å². The SMILES string of the molecule is CCN1CCCC1CN=C(N)NCCCOC(C)C. The molecule has 5 nitrogen and oxygen atoms in total. The van der Waals surface area contributed by atoms with Gasteiger partial charge in [0.05, 0.1) is 12.6 Å². The molecule has 0 spiro atoms. The van der Waals surface area contributed by atoms with E-state index in [9.17, 15) is 0 Å². The van der Waals surface area contributed by atoms with Gasteiger partial charge in [-0.3, -0.25) is 9.89 Å². The molecule has 0 aromatic rings. The fourth-order valence-electron chi connectivity index (χ4n) is 2.39.